The molecule has 13 rings (SSSR count). The van der Waals surface area contributed by atoms with Crippen LogP contribution in [0, 0.1) is 0 Å². The third kappa shape index (κ3) is 7.51. The fourth-order valence-electron chi connectivity index (χ4n) is 11.1. The zero-order chi connectivity index (χ0) is 47.1. The number of hydrogen-bond acceptors (Lipinski definition) is 4. The predicted octanol–water partition coefficient (Wildman–Crippen LogP) is 16.6. The Morgan fingerprint density at radius 2 is 0.914 bits per heavy atom. The third-order valence-electron chi connectivity index (χ3n) is 14.3. The molecule has 1 heterocycles. The highest BCUT2D eigenvalue weighted by atomic mass is 15.2. The van der Waals surface area contributed by atoms with Crippen LogP contribution in [0.1, 0.15) is 51.8 Å². The molecular weight excluding hydrogens is 849 g/mol. The van der Waals surface area contributed by atoms with E-state index in [0.717, 1.165) is 34.1 Å². The minimum atomic E-state index is -0.443. The number of nitrogens with one attached hydrogen (secondary N) is 3. The van der Waals surface area contributed by atoms with Gasteiger partial charge in [-0.05, 0) is 133 Å². The molecule has 0 saturated heterocycles. The van der Waals surface area contributed by atoms with Crippen LogP contribution < -0.4 is 21.7 Å². The van der Waals surface area contributed by atoms with Crippen LogP contribution in [0.25, 0.3) is 75.4 Å². The summed E-state index contributed by atoms with van der Waals surface area (Å²) < 4.78 is 0. The van der Waals surface area contributed by atoms with E-state index in [1.807, 2.05) is 0 Å². The van der Waals surface area contributed by atoms with E-state index in [9.17, 15) is 0 Å². The van der Waals surface area contributed by atoms with Crippen molar-refractivity contribution in [1.82, 2.24) is 5.32 Å². The standard InChI is InChI=1S/C62H46N4.C4H6/c63-61(64-58-27-13-1-15-39(58)35-38-29-31-51-45-20-4-2-16-41(45)43-18-6-10-24-49(43)56(51)36-38)53-33-34-54(48-23-9-8-22-47(48)53)62-65-59-28-14-12-26-55(59)60(66-62)40-30-32-52-46-21-5-3-17-42(46)44-19-7-11-25-50(44)57(52)37-40;1-3-4-2/h1-34,36-37,60-62,64-66H,35,63H2;3-4H,1-2H2. The Morgan fingerprint density at radius 3 is 1.51 bits per heavy atom. The second-order valence-electron chi connectivity index (χ2n) is 18.3. The lowest BCUT2D eigenvalue weighted by Crippen LogP contribution is -2.37. The SMILES string of the molecule is C=CC=C.NC(Nc1ccccc1Cc1ccc2c3ccccc3c3ccccc3c2c1)c1ccc(C2Nc3ccccc3C(c3ccc4c5ccccc5c5ccccc5c4c3)N2)c2ccccc12. The molecule has 5 N–H and O–H groups in total. The zero-order valence-electron chi connectivity index (χ0n) is 38.9. The van der Waals surface area contributed by atoms with E-state index < -0.39 is 6.17 Å². The monoisotopic (exact) mass is 900 g/mol. The van der Waals surface area contributed by atoms with Gasteiger partial charge in [-0.25, -0.2) is 0 Å². The molecular formula is C66H52N4. The van der Waals surface area contributed by atoms with Crippen molar-refractivity contribution < 1.29 is 0 Å². The van der Waals surface area contributed by atoms with E-state index >= 15 is 0 Å². The molecule has 0 spiro atoms. The van der Waals surface area contributed by atoms with Crippen molar-refractivity contribution in [2.75, 3.05) is 10.6 Å². The molecule has 12 aromatic carbocycles. The molecule has 0 bridgehead atoms. The van der Waals surface area contributed by atoms with E-state index in [1.165, 1.54) is 92.5 Å². The van der Waals surface area contributed by atoms with Crippen LogP contribution in [0.3, 0.4) is 0 Å². The van der Waals surface area contributed by atoms with Gasteiger partial charge in [-0.2, -0.15) is 0 Å². The minimum Gasteiger partial charge on any atom is -0.366 e. The Balaban J connectivity index is 0.00000122. The molecule has 4 nitrogen and oxygen atoms in total. The van der Waals surface area contributed by atoms with Crippen molar-refractivity contribution >= 4 is 86.8 Å². The maximum atomic E-state index is 7.21. The molecule has 3 unspecified atom stereocenters. The summed E-state index contributed by atoms with van der Waals surface area (Å²) in [5.74, 6) is 0. The first-order chi connectivity index (χ1) is 34.6. The minimum absolute atomic E-state index is 0.0402. The normalized spacial score (nSPS) is 14.8. The van der Waals surface area contributed by atoms with Crippen LogP contribution in [-0.4, -0.2) is 0 Å². The topological polar surface area (TPSA) is 62.1 Å². The Morgan fingerprint density at radius 1 is 0.443 bits per heavy atom. The van der Waals surface area contributed by atoms with Gasteiger partial charge in [-0.3, -0.25) is 5.32 Å². The lowest BCUT2D eigenvalue weighted by atomic mass is 9.88. The van der Waals surface area contributed by atoms with Gasteiger partial charge in [0.15, 0.2) is 0 Å². The Bertz CT molecular complexity index is 3920. The average Bonchev–Trinajstić information content (AvgIpc) is 3.43. The van der Waals surface area contributed by atoms with Crippen molar-refractivity contribution in [1.29, 1.82) is 0 Å². The first-order valence-electron chi connectivity index (χ1n) is 24.2. The van der Waals surface area contributed by atoms with Crippen molar-refractivity contribution in [3.05, 3.63) is 277 Å². The number of fused-ring (bicyclic) bond motifs is 14. The van der Waals surface area contributed by atoms with Crippen molar-refractivity contribution in [3.63, 3.8) is 0 Å². The molecule has 0 aliphatic carbocycles. The van der Waals surface area contributed by atoms with E-state index in [4.69, 9.17) is 5.73 Å². The van der Waals surface area contributed by atoms with Gasteiger partial charge in [0.2, 0.25) is 0 Å². The van der Waals surface area contributed by atoms with E-state index in [0.29, 0.717) is 0 Å². The third-order valence-corrected chi connectivity index (χ3v) is 14.3. The summed E-state index contributed by atoms with van der Waals surface area (Å²) in [4.78, 5) is 0. The zero-order valence-corrected chi connectivity index (χ0v) is 38.9. The molecule has 0 saturated carbocycles. The fourth-order valence-corrected chi connectivity index (χ4v) is 11.1. The first kappa shape index (κ1) is 42.8. The van der Waals surface area contributed by atoms with Crippen LogP contribution in [0.4, 0.5) is 11.4 Å². The lowest BCUT2D eigenvalue weighted by molar-refractivity contribution is 0.509. The number of anilines is 2. The lowest BCUT2D eigenvalue weighted by Gasteiger charge is -2.36. The maximum absolute atomic E-state index is 7.21. The predicted molar refractivity (Wildman–Crippen MR) is 300 cm³/mol. The molecule has 0 aromatic heterocycles. The number of rotatable bonds is 8. The van der Waals surface area contributed by atoms with Gasteiger partial charge in [0.05, 0.1) is 6.04 Å². The average molecular weight is 901 g/mol. The van der Waals surface area contributed by atoms with Gasteiger partial charge < -0.3 is 16.4 Å². The van der Waals surface area contributed by atoms with Crippen LogP contribution in [0.2, 0.25) is 0 Å². The van der Waals surface area contributed by atoms with E-state index in [2.05, 4.69) is 247 Å². The largest absolute Gasteiger partial charge is 0.366 e. The number of benzene rings is 12. The van der Waals surface area contributed by atoms with Gasteiger partial charge in [0.25, 0.3) is 0 Å². The molecule has 1 aliphatic heterocycles. The van der Waals surface area contributed by atoms with E-state index in [-0.39, 0.29) is 12.2 Å². The van der Waals surface area contributed by atoms with Crippen LogP contribution in [-0.2, 0) is 6.42 Å². The smallest absolute Gasteiger partial charge is 0.105 e. The second-order valence-corrected chi connectivity index (χ2v) is 18.3. The maximum Gasteiger partial charge on any atom is 0.105 e. The Labute approximate surface area is 408 Å². The molecule has 70 heavy (non-hydrogen) atoms. The van der Waals surface area contributed by atoms with Gasteiger partial charge >= 0.3 is 0 Å². The highest BCUT2D eigenvalue weighted by Gasteiger charge is 2.30. The van der Waals surface area contributed by atoms with Gasteiger partial charge in [0.1, 0.15) is 12.3 Å². The van der Waals surface area contributed by atoms with Crippen molar-refractivity contribution in [2.24, 2.45) is 5.73 Å². The molecule has 0 fully saturated rings. The summed E-state index contributed by atoms with van der Waals surface area (Å²) in [6.45, 7) is 6.72. The van der Waals surface area contributed by atoms with Crippen molar-refractivity contribution in [3.8, 4) is 0 Å². The summed E-state index contributed by atoms with van der Waals surface area (Å²) >= 11 is 0. The summed E-state index contributed by atoms with van der Waals surface area (Å²) in [6.07, 6.45) is 3.45. The van der Waals surface area contributed by atoms with Gasteiger partial charge in [-0.15, -0.1) is 0 Å². The van der Waals surface area contributed by atoms with E-state index in [1.54, 1.807) is 12.2 Å². The number of nitrogens with two attached hydrogens (primary N) is 1. The first-order valence-corrected chi connectivity index (χ1v) is 24.2. The van der Waals surface area contributed by atoms with Gasteiger partial charge in [0, 0.05) is 11.4 Å². The summed E-state index contributed by atoms with van der Waals surface area (Å²) in [7, 11) is 0. The molecule has 0 amide bonds. The molecule has 1 aliphatic rings. The second kappa shape index (κ2) is 18.2. The van der Waals surface area contributed by atoms with Crippen LogP contribution in [0.15, 0.2) is 244 Å². The molecule has 3 atom stereocenters. The summed E-state index contributed by atoms with van der Waals surface area (Å²) in [5, 5.41) is 29.4. The van der Waals surface area contributed by atoms with Crippen LogP contribution >= 0.6 is 0 Å². The highest BCUT2D eigenvalue weighted by molar-refractivity contribution is 6.26. The Kier molecular flexibility index (Phi) is 11.1. The number of hydrogen-bond donors (Lipinski definition) is 4. The molecule has 0 radical (unpaired) electrons. The molecule has 336 valence electrons. The van der Waals surface area contributed by atoms with Crippen molar-refractivity contribution in [2.45, 2.75) is 24.8 Å². The summed E-state index contributed by atoms with van der Waals surface area (Å²) in [5.41, 5.74) is 16.5. The highest BCUT2D eigenvalue weighted by Crippen LogP contribution is 2.43. The fraction of sp³-hybridized carbons (Fsp3) is 0.0606. The molecule has 4 heteroatoms. The Hall–Kier alpha value is -8.54. The molecule has 12 aromatic rings. The van der Waals surface area contributed by atoms with Crippen LogP contribution in [0.5, 0.6) is 0 Å². The quantitative estimate of drug-likeness (QED) is 0.0697. The number of allylic oxidation sites excluding steroid dienone is 2. The van der Waals surface area contributed by atoms with Gasteiger partial charge in [-0.1, -0.05) is 226 Å². The summed E-state index contributed by atoms with van der Waals surface area (Å²) in [6, 6.07) is 79.6. The number of para-hydroxylation sites is 2.